The lowest BCUT2D eigenvalue weighted by atomic mass is 10.3. The van der Waals surface area contributed by atoms with Crippen LogP contribution in [0, 0.1) is 0 Å². The fraction of sp³-hybridized carbons (Fsp3) is 0.300. The molecule has 82 valence electrons. The monoisotopic (exact) mass is 227 g/mol. The van der Waals surface area contributed by atoms with Gasteiger partial charge in [-0.05, 0) is 19.1 Å². The zero-order valence-electron chi connectivity index (χ0n) is 8.67. The lowest BCUT2D eigenvalue weighted by molar-refractivity contribution is -0.115. The van der Waals surface area contributed by atoms with Crippen molar-refractivity contribution < 1.29 is 13.2 Å². The van der Waals surface area contributed by atoms with Crippen molar-refractivity contribution in [2.24, 2.45) is 0 Å². The second kappa shape index (κ2) is 4.44. The summed E-state index contributed by atoms with van der Waals surface area (Å²) in [6.07, 6.45) is 0. The van der Waals surface area contributed by atoms with Gasteiger partial charge in [-0.2, -0.15) is 0 Å². The van der Waals surface area contributed by atoms with Gasteiger partial charge in [-0.1, -0.05) is 18.2 Å². The molecule has 1 amide bonds. The Morgan fingerprint density at radius 2 is 1.80 bits per heavy atom. The van der Waals surface area contributed by atoms with E-state index < -0.39 is 15.9 Å². The Morgan fingerprint density at radius 1 is 1.27 bits per heavy atom. The average Bonchev–Trinajstić information content (AvgIpc) is 2.18. The molecule has 0 aliphatic rings. The van der Waals surface area contributed by atoms with Crippen molar-refractivity contribution in [3.8, 4) is 0 Å². The Kier molecular flexibility index (Phi) is 3.47. The third-order valence-corrected chi connectivity index (χ3v) is 3.67. The number of hydrogen-bond donors (Lipinski definition) is 0. The lowest BCUT2D eigenvalue weighted by Crippen LogP contribution is -2.36. The van der Waals surface area contributed by atoms with Crippen LogP contribution in [0.15, 0.2) is 30.3 Å². The SMILES string of the molecule is CCS(=O)(=O)N(C(C)=O)c1ccccc1. The van der Waals surface area contributed by atoms with Gasteiger partial charge in [0.2, 0.25) is 15.9 Å². The fourth-order valence-electron chi connectivity index (χ4n) is 1.23. The highest BCUT2D eigenvalue weighted by Gasteiger charge is 2.24. The maximum atomic E-state index is 11.6. The minimum atomic E-state index is -3.53. The summed E-state index contributed by atoms with van der Waals surface area (Å²) in [4.78, 5) is 11.3. The Hall–Kier alpha value is -1.36. The van der Waals surface area contributed by atoms with E-state index in [2.05, 4.69) is 0 Å². The van der Waals surface area contributed by atoms with Crippen molar-refractivity contribution in [3.05, 3.63) is 30.3 Å². The normalized spacial score (nSPS) is 11.1. The van der Waals surface area contributed by atoms with E-state index in [9.17, 15) is 13.2 Å². The van der Waals surface area contributed by atoms with Gasteiger partial charge in [-0.15, -0.1) is 0 Å². The molecule has 4 nitrogen and oxygen atoms in total. The van der Waals surface area contributed by atoms with Crippen LogP contribution in [-0.2, 0) is 14.8 Å². The van der Waals surface area contributed by atoms with Gasteiger partial charge < -0.3 is 0 Å². The maximum Gasteiger partial charge on any atom is 0.241 e. The van der Waals surface area contributed by atoms with Crippen LogP contribution in [0.2, 0.25) is 0 Å². The van der Waals surface area contributed by atoms with Crippen LogP contribution in [-0.4, -0.2) is 20.1 Å². The highest BCUT2D eigenvalue weighted by atomic mass is 32.2. The van der Waals surface area contributed by atoms with Crippen molar-refractivity contribution in [3.63, 3.8) is 0 Å². The number of sulfonamides is 1. The minimum absolute atomic E-state index is 0.0958. The molecule has 0 spiro atoms. The van der Waals surface area contributed by atoms with Gasteiger partial charge in [0.15, 0.2) is 0 Å². The molecule has 0 bridgehead atoms. The predicted octanol–water partition coefficient (Wildman–Crippen LogP) is 1.39. The Bertz CT molecular complexity index is 439. The number of carbonyl (C=O) groups excluding carboxylic acids is 1. The third-order valence-electron chi connectivity index (χ3n) is 1.92. The Morgan fingerprint density at radius 3 is 2.20 bits per heavy atom. The van der Waals surface area contributed by atoms with E-state index in [0.29, 0.717) is 5.69 Å². The molecule has 0 aromatic heterocycles. The highest BCUT2D eigenvalue weighted by molar-refractivity contribution is 7.93. The van der Waals surface area contributed by atoms with Crippen LogP contribution >= 0.6 is 0 Å². The fourth-order valence-corrected chi connectivity index (χ4v) is 2.32. The molecule has 0 radical (unpaired) electrons. The molecule has 0 heterocycles. The highest BCUT2D eigenvalue weighted by Crippen LogP contribution is 2.17. The summed E-state index contributed by atoms with van der Waals surface area (Å²) in [6.45, 7) is 2.74. The first kappa shape index (κ1) is 11.7. The molecule has 15 heavy (non-hydrogen) atoms. The van der Waals surface area contributed by atoms with Crippen molar-refractivity contribution in [1.29, 1.82) is 0 Å². The third kappa shape index (κ3) is 2.56. The maximum absolute atomic E-state index is 11.6. The van der Waals surface area contributed by atoms with Crippen LogP contribution in [0.1, 0.15) is 13.8 Å². The van der Waals surface area contributed by atoms with E-state index in [4.69, 9.17) is 0 Å². The molecule has 5 heteroatoms. The number of carbonyl (C=O) groups is 1. The summed E-state index contributed by atoms with van der Waals surface area (Å²) in [7, 11) is -3.53. The Balaban J connectivity index is 3.23. The molecule has 0 atom stereocenters. The van der Waals surface area contributed by atoms with Crippen LogP contribution in [0.3, 0.4) is 0 Å². The molecule has 0 unspecified atom stereocenters. The summed E-state index contributed by atoms with van der Waals surface area (Å²) in [5.74, 6) is -0.593. The molecular formula is C10H13NO3S. The van der Waals surface area contributed by atoms with Crippen LogP contribution < -0.4 is 4.31 Å². The molecule has 0 saturated carbocycles. The largest absolute Gasteiger partial charge is 0.274 e. The van der Waals surface area contributed by atoms with E-state index in [1.165, 1.54) is 13.8 Å². The predicted molar refractivity (Wildman–Crippen MR) is 59.1 cm³/mol. The quantitative estimate of drug-likeness (QED) is 0.784. The van der Waals surface area contributed by atoms with E-state index in [1.54, 1.807) is 30.3 Å². The number of hydrogen-bond acceptors (Lipinski definition) is 3. The number of anilines is 1. The van der Waals surface area contributed by atoms with E-state index in [0.717, 1.165) is 4.31 Å². The first-order valence-electron chi connectivity index (χ1n) is 4.57. The summed E-state index contributed by atoms with van der Waals surface area (Å²) in [5.41, 5.74) is 0.381. The van der Waals surface area contributed by atoms with Crippen molar-refractivity contribution >= 4 is 21.6 Å². The molecule has 1 rings (SSSR count). The standard InChI is InChI=1S/C10H13NO3S/c1-3-15(13,14)11(9(2)12)10-7-5-4-6-8-10/h4-8H,3H2,1-2H3. The molecule has 0 saturated heterocycles. The number of para-hydroxylation sites is 1. The molecule has 1 aromatic rings. The summed E-state index contributed by atoms with van der Waals surface area (Å²) in [6, 6.07) is 8.33. The van der Waals surface area contributed by atoms with Crippen molar-refractivity contribution in [2.45, 2.75) is 13.8 Å². The van der Waals surface area contributed by atoms with E-state index in [1.807, 2.05) is 0 Å². The summed E-state index contributed by atoms with van der Waals surface area (Å²) < 4.78 is 24.1. The van der Waals surface area contributed by atoms with Gasteiger partial charge in [-0.3, -0.25) is 4.79 Å². The molecule has 0 aliphatic carbocycles. The lowest BCUT2D eigenvalue weighted by Gasteiger charge is -2.19. The number of rotatable bonds is 3. The van der Waals surface area contributed by atoms with Crippen molar-refractivity contribution in [1.82, 2.24) is 0 Å². The number of nitrogens with zero attached hydrogens (tertiary/aromatic N) is 1. The van der Waals surface area contributed by atoms with Gasteiger partial charge in [0.05, 0.1) is 11.4 Å². The van der Waals surface area contributed by atoms with Crippen LogP contribution in [0.25, 0.3) is 0 Å². The molecule has 0 fully saturated rings. The van der Waals surface area contributed by atoms with Gasteiger partial charge in [0, 0.05) is 6.92 Å². The minimum Gasteiger partial charge on any atom is -0.274 e. The van der Waals surface area contributed by atoms with Gasteiger partial charge in [0.25, 0.3) is 0 Å². The van der Waals surface area contributed by atoms with Crippen LogP contribution in [0.5, 0.6) is 0 Å². The average molecular weight is 227 g/mol. The first-order chi connectivity index (χ1) is 6.99. The zero-order chi connectivity index (χ0) is 11.5. The first-order valence-corrected chi connectivity index (χ1v) is 6.18. The second-order valence-electron chi connectivity index (χ2n) is 3.02. The second-order valence-corrected chi connectivity index (χ2v) is 5.13. The van der Waals surface area contributed by atoms with Crippen molar-refractivity contribution in [2.75, 3.05) is 10.1 Å². The smallest absolute Gasteiger partial charge is 0.241 e. The van der Waals surface area contributed by atoms with Crippen LogP contribution in [0.4, 0.5) is 5.69 Å². The summed E-state index contributed by atoms with van der Waals surface area (Å²) in [5, 5.41) is 0. The Labute approximate surface area is 89.6 Å². The van der Waals surface area contributed by atoms with Gasteiger partial charge >= 0.3 is 0 Å². The number of benzene rings is 1. The molecule has 1 aromatic carbocycles. The topological polar surface area (TPSA) is 54.5 Å². The zero-order valence-corrected chi connectivity index (χ0v) is 9.49. The molecular weight excluding hydrogens is 214 g/mol. The molecule has 0 aliphatic heterocycles. The van der Waals surface area contributed by atoms with E-state index in [-0.39, 0.29) is 5.75 Å². The van der Waals surface area contributed by atoms with E-state index >= 15 is 0 Å². The van der Waals surface area contributed by atoms with Gasteiger partial charge in [-0.25, -0.2) is 12.7 Å². The van der Waals surface area contributed by atoms with Gasteiger partial charge in [0.1, 0.15) is 0 Å². The number of amides is 1. The molecule has 0 N–H and O–H groups in total. The summed E-state index contributed by atoms with van der Waals surface area (Å²) >= 11 is 0.